The first-order chi connectivity index (χ1) is 19.4. The molecule has 0 N–H and O–H groups in total. The second kappa shape index (κ2) is 16.1. The summed E-state index contributed by atoms with van der Waals surface area (Å²) in [5, 5.41) is 12.7. The van der Waals surface area contributed by atoms with E-state index in [0.717, 1.165) is 43.8 Å². The molecule has 0 saturated heterocycles. The lowest BCUT2D eigenvalue weighted by Crippen LogP contribution is -2.40. The molecule has 11 nitrogen and oxygen atoms in total. The first-order valence-corrected chi connectivity index (χ1v) is 15.0. The third-order valence-corrected chi connectivity index (χ3v) is 7.37. The quantitative estimate of drug-likeness (QED) is 0.175. The minimum atomic E-state index is -0.393. The third kappa shape index (κ3) is 9.44. The van der Waals surface area contributed by atoms with Crippen LogP contribution in [0.1, 0.15) is 63.6 Å². The number of hydrogen-bond acceptors (Lipinski definition) is 10. The van der Waals surface area contributed by atoms with Gasteiger partial charge in [0.1, 0.15) is 18.0 Å². The van der Waals surface area contributed by atoms with Crippen LogP contribution in [0, 0.1) is 6.92 Å². The maximum atomic E-state index is 13.7. The van der Waals surface area contributed by atoms with Gasteiger partial charge in [-0.2, -0.15) is 10.1 Å². The molecular weight excluding hydrogens is 530 g/mol. The van der Waals surface area contributed by atoms with E-state index in [1.165, 1.54) is 16.4 Å². The summed E-state index contributed by atoms with van der Waals surface area (Å²) in [6.45, 7) is 14.2. The fraction of sp³-hybridized carbons (Fsp3) is 0.571. The van der Waals surface area contributed by atoms with Crippen LogP contribution < -0.4 is 10.3 Å². The average molecular weight is 572 g/mol. The van der Waals surface area contributed by atoms with Crippen molar-refractivity contribution in [3.63, 3.8) is 0 Å². The molecule has 1 aromatic carbocycles. The largest absolute Gasteiger partial charge is 0.494 e. The Hall–Kier alpha value is -3.25. The van der Waals surface area contributed by atoms with Gasteiger partial charge in [-0.25, -0.2) is 4.68 Å². The van der Waals surface area contributed by atoms with Crippen molar-refractivity contribution in [2.45, 2.75) is 77.9 Å². The predicted molar refractivity (Wildman–Crippen MR) is 154 cm³/mol. The van der Waals surface area contributed by atoms with Gasteiger partial charge in [-0.15, -0.1) is 10.2 Å². The number of unbranched alkanes of at least 4 members (excludes halogenated alkanes) is 1. The number of thioether (sulfide) groups is 1. The Morgan fingerprint density at radius 1 is 1.07 bits per heavy atom. The minimum absolute atomic E-state index is 0.0397. The molecule has 0 aliphatic heterocycles. The molecule has 3 rings (SSSR count). The van der Waals surface area contributed by atoms with Gasteiger partial charge in [0.05, 0.1) is 12.4 Å². The smallest absolute Gasteiger partial charge is 0.295 e. The van der Waals surface area contributed by atoms with Crippen LogP contribution in [-0.4, -0.2) is 73.5 Å². The van der Waals surface area contributed by atoms with E-state index in [1.807, 2.05) is 36.1 Å². The van der Waals surface area contributed by atoms with Crippen LogP contribution in [-0.2, 0) is 30.1 Å². The normalized spacial score (nSPS) is 11.2. The topological polar surface area (TPSA) is 119 Å². The second-order valence-corrected chi connectivity index (χ2v) is 10.3. The lowest BCUT2D eigenvalue weighted by atomic mass is 10.2. The number of benzene rings is 1. The van der Waals surface area contributed by atoms with Gasteiger partial charge in [0, 0.05) is 26.6 Å². The van der Waals surface area contributed by atoms with Crippen LogP contribution in [0.4, 0.5) is 0 Å². The monoisotopic (exact) mass is 571 g/mol. The molecule has 40 heavy (non-hydrogen) atoms. The minimum Gasteiger partial charge on any atom is -0.494 e. The number of likely N-dealkylation sites (N-methyl/N-ethyl adjacent to an activating group) is 1. The Bertz CT molecular complexity index is 1260. The summed E-state index contributed by atoms with van der Waals surface area (Å²) in [7, 11) is 0. The number of hydrogen-bond donors (Lipinski definition) is 0. The van der Waals surface area contributed by atoms with E-state index in [4.69, 9.17) is 9.15 Å². The highest BCUT2D eigenvalue weighted by atomic mass is 32.2. The molecule has 1 amide bonds. The summed E-state index contributed by atoms with van der Waals surface area (Å²) in [6, 6.07) is 7.90. The van der Waals surface area contributed by atoms with E-state index in [2.05, 4.69) is 46.0 Å². The van der Waals surface area contributed by atoms with E-state index >= 15 is 0 Å². The van der Waals surface area contributed by atoms with Crippen LogP contribution in [0.3, 0.4) is 0 Å². The molecule has 3 aromatic rings. The molecule has 2 heterocycles. The van der Waals surface area contributed by atoms with Gasteiger partial charge in [0.15, 0.2) is 5.16 Å². The molecule has 2 aromatic heterocycles. The van der Waals surface area contributed by atoms with Gasteiger partial charge in [0.2, 0.25) is 17.7 Å². The van der Waals surface area contributed by atoms with Crippen LogP contribution in [0.15, 0.2) is 38.6 Å². The molecule has 0 bridgehead atoms. The van der Waals surface area contributed by atoms with Crippen molar-refractivity contribution in [1.29, 1.82) is 0 Å². The maximum Gasteiger partial charge on any atom is 0.295 e. The van der Waals surface area contributed by atoms with E-state index in [9.17, 15) is 9.59 Å². The SMILES string of the molecule is CCCCOc1ccc(CN(CCN(CC)CC)C(=O)Cn2nc(CC)c(=O)nc2SCc2nnc(C)o2)cc1. The van der Waals surface area contributed by atoms with E-state index in [0.29, 0.717) is 54.5 Å². The number of rotatable bonds is 17. The molecule has 0 spiro atoms. The van der Waals surface area contributed by atoms with E-state index in [-0.39, 0.29) is 12.5 Å². The highest BCUT2D eigenvalue weighted by Gasteiger charge is 2.20. The zero-order chi connectivity index (χ0) is 28.9. The third-order valence-electron chi connectivity index (χ3n) is 6.42. The van der Waals surface area contributed by atoms with Crippen molar-refractivity contribution in [2.75, 3.05) is 32.8 Å². The molecule has 0 fully saturated rings. The highest BCUT2D eigenvalue weighted by Crippen LogP contribution is 2.20. The van der Waals surface area contributed by atoms with Gasteiger partial charge in [-0.1, -0.05) is 58.0 Å². The van der Waals surface area contributed by atoms with Crippen LogP contribution in [0.5, 0.6) is 5.75 Å². The fourth-order valence-corrected chi connectivity index (χ4v) is 4.73. The molecule has 0 aliphatic carbocycles. The Morgan fingerprint density at radius 2 is 1.82 bits per heavy atom. The van der Waals surface area contributed by atoms with E-state index < -0.39 is 5.56 Å². The first kappa shape index (κ1) is 31.3. The molecule has 12 heteroatoms. The van der Waals surface area contributed by atoms with Gasteiger partial charge < -0.3 is 19.0 Å². The molecule has 0 atom stereocenters. The molecule has 0 aliphatic rings. The van der Waals surface area contributed by atoms with Crippen molar-refractivity contribution in [1.82, 2.24) is 34.8 Å². The number of nitrogens with zero attached hydrogens (tertiary/aromatic N) is 7. The van der Waals surface area contributed by atoms with Gasteiger partial charge in [0.25, 0.3) is 5.56 Å². The Labute approximate surface area is 240 Å². The van der Waals surface area contributed by atoms with Crippen LogP contribution in [0.2, 0.25) is 0 Å². The number of ether oxygens (including phenoxy) is 1. The van der Waals surface area contributed by atoms with Gasteiger partial charge in [-0.3, -0.25) is 9.59 Å². The van der Waals surface area contributed by atoms with Gasteiger partial charge in [-0.05, 0) is 43.6 Å². The van der Waals surface area contributed by atoms with Crippen molar-refractivity contribution >= 4 is 17.7 Å². The van der Waals surface area contributed by atoms with Crippen molar-refractivity contribution in [3.8, 4) is 5.75 Å². The second-order valence-electron chi connectivity index (χ2n) is 9.35. The molecule has 218 valence electrons. The Balaban J connectivity index is 1.79. The Morgan fingerprint density at radius 3 is 2.45 bits per heavy atom. The summed E-state index contributed by atoms with van der Waals surface area (Å²) in [5.74, 6) is 1.91. The zero-order valence-corrected chi connectivity index (χ0v) is 25.1. The summed E-state index contributed by atoms with van der Waals surface area (Å²) in [6.07, 6.45) is 2.52. The van der Waals surface area contributed by atoms with Crippen LogP contribution >= 0.6 is 11.8 Å². The van der Waals surface area contributed by atoms with Gasteiger partial charge >= 0.3 is 0 Å². The lowest BCUT2D eigenvalue weighted by Gasteiger charge is -2.27. The predicted octanol–water partition coefficient (Wildman–Crippen LogP) is 3.73. The van der Waals surface area contributed by atoms with Crippen molar-refractivity contribution < 1.29 is 13.9 Å². The van der Waals surface area contributed by atoms with Crippen LogP contribution in [0.25, 0.3) is 0 Å². The molecular formula is C28H41N7O4S. The highest BCUT2D eigenvalue weighted by molar-refractivity contribution is 7.98. The molecule has 0 unspecified atom stereocenters. The summed E-state index contributed by atoms with van der Waals surface area (Å²) >= 11 is 1.24. The fourth-order valence-electron chi connectivity index (χ4n) is 3.96. The standard InChI is InChI=1S/C28H41N7O4S/c1-6-10-17-38-23-13-11-22(12-14-23)18-34(16-15-33(8-3)9-4)26(36)19-35-28(29-27(37)24(7-2)32-35)40-20-25-31-30-21(5)39-25/h11-14H,6-10,15-20H2,1-5H3. The Kier molecular flexibility index (Phi) is 12.6. The van der Waals surface area contributed by atoms with E-state index in [1.54, 1.807) is 6.92 Å². The number of aromatic nitrogens is 5. The summed E-state index contributed by atoms with van der Waals surface area (Å²) in [4.78, 5) is 34.6. The van der Waals surface area contributed by atoms with Crippen molar-refractivity contribution in [3.05, 3.63) is 57.7 Å². The lowest BCUT2D eigenvalue weighted by molar-refractivity contribution is -0.133. The van der Waals surface area contributed by atoms with Crippen molar-refractivity contribution in [2.24, 2.45) is 0 Å². The number of carbonyl (C=O) groups is 1. The summed E-state index contributed by atoms with van der Waals surface area (Å²) < 4.78 is 12.8. The number of carbonyl (C=O) groups excluding carboxylic acids is 1. The number of aryl methyl sites for hydroxylation is 2. The first-order valence-electron chi connectivity index (χ1n) is 14.0. The molecule has 0 radical (unpaired) electrons. The number of amides is 1. The zero-order valence-electron chi connectivity index (χ0n) is 24.3. The molecule has 0 saturated carbocycles. The summed E-state index contributed by atoms with van der Waals surface area (Å²) in [5.41, 5.74) is 0.937. The maximum absolute atomic E-state index is 13.7. The average Bonchev–Trinajstić information content (AvgIpc) is 3.38.